The topological polar surface area (TPSA) is 54.0 Å². The predicted molar refractivity (Wildman–Crippen MR) is 251 cm³/mol. The number of para-hydroxylation sites is 1. The molecule has 0 fully saturated rings. The summed E-state index contributed by atoms with van der Waals surface area (Å²) in [6.45, 7) is 13.8. The average molecular weight is 767 g/mol. The van der Waals surface area contributed by atoms with Crippen molar-refractivity contribution >= 4 is 54.1 Å². The van der Waals surface area contributed by atoms with E-state index in [2.05, 4.69) is 157 Å². The molecule has 0 unspecified atom stereocenters. The molecule has 0 saturated carbocycles. The molecule has 0 bridgehead atoms. The van der Waals surface area contributed by atoms with Crippen LogP contribution in [0.5, 0.6) is 0 Å². The number of azo groups is 1. The van der Waals surface area contributed by atoms with E-state index < -0.39 is 0 Å². The lowest BCUT2D eigenvalue weighted by Crippen LogP contribution is -2.23. The number of benzene rings is 7. The molecular weight excluding hydrogens is 713 g/mol. The quantitative estimate of drug-likeness (QED) is 0.141. The van der Waals surface area contributed by atoms with Crippen LogP contribution in [0.1, 0.15) is 41.7 Å². The summed E-state index contributed by atoms with van der Waals surface area (Å²) in [6, 6.07) is 59.9. The molecule has 2 heterocycles. The minimum absolute atomic E-state index is 0.822. The van der Waals surface area contributed by atoms with E-state index in [-0.39, 0.29) is 0 Å². The van der Waals surface area contributed by atoms with Gasteiger partial charge in [-0.25, -0.2) is 0 Å². The molecule has 2 N–H and O–H groups in total. The lowest BCUT2D eigenvalue weighted by Gasteiger charge is -2.31. The van der Waals surface area contributed by atoms with Gasteiger partial charge in [0.1, 0.15) is 0 Å². The molecule has 1 aliphatic heterocycles. The first-order valence-electron chi connectivity index (χ1n) is 19.5. The highest BCUT2D eigenvalue weighted by atomic mass is 32.1. The van der Waals surface area contributed by atoms with E-state index in [1.165, 1.54) is 70.5 Å². The number of rotatable bonds is 2. The first-order chi connectivity index (χ1) is 27.9. The van der Waals surface area contributed by atoms with Crippen LogP contribution in [0.3, 0.4) is 0 Å². The van der Waals surface area contributed by atoms with Crippen LogP contribution < -0.4 is 10.6 Å². The van der Waals surface area contributed by atoms with Gasteiger partial charge in [-0.2, -0.15) is 10.2 Å². The van der Waals surface area contributed by atoms with Gasteiger partial charge < -0.3 is 10.6 Å². The molecule has 0 atom stereocenters. The lowest BCUT2D eigenvalue weighted by molar-refractivity contribution is 0.904. The van der Waals surface area contributed by atoms with Gasteiger partial charge in [0.2, 0.25) is 0 Å². The summed E-state index contributed by atoms with van der Waals surface area (Å²) in [5.74, 6) is 0. The monoisotopic (exact) mass is 766 g/mol. The predicted octanol–water partition coefficient (Wildman–Crippen LogP) is 14.8. The highest BCUT2D eigenvalue weighted by molar-refractivity contribution is 7.25. The van der Waals surface area contributed by atoms with Crippen molar-refractivity contribution in [2.24, 2.45) is 10.2 Å². The summed E-state index contributed by atoms with van der Waals surface area (Å²) in [4.78, 5) is 2.45. The number of hydrogen-bond donors (Lipinski definition) is 1. The van der Waals surface area contributed by atoms with Gasteiger partial charge in [-0.3, -0.25) is 0 Å². The Hall–Kier alpha value is -6.30. The third kappa shape index (κ3) is 10.9. The third-order valence-corrected chi connectivity index (χ3v) is 10.7. The fourth-order valence-electron chi connectivity index (χ4n) is 6.61. The Labute approximate surface area is 343 Å². The summed E-state index contributed by atoms with van der Waals surface area (Å²) >= 11 is 1.86. The van der Waals surface area contributed by atoms with Gasteiger partial charge in [0.05, 0.1) is 0 Å². The molecular formula is C52H54N4S. The molecule has 1 aromatic heterocycles. The highest BCUT2D eigenvalue weighted by Gasteiger charge is 2.22. The molecule has 0 radical (unpaired) electrons. The van der Waals surface area contributed by atoms with Crippen molar-refractivity contribution in [3.05, 3.63) is 204 Å². The number of hydrogen-bond acceptors (Lipinski definition) is 5. The molecule has 7 aromatic carbocycles. The number of nitrogens with two attached hydrogens (primary N) is 1. The number of aryl methyl sites for hydroxylation is 2. The van der Waals surface area contributed by atoms with Gasteiger partial charge in [-0.15, -0.1) is 11.3 Å². The van der Waals surface area contributed by atoms with Crippen LogP contribution in [0.15, 0.2) is 187 Å². The van der Waals surface area contributed by atoms with Gasteiger partial charge in [-0.05, 0) is 103 Å². The van der Waals surface area contributed by atoms with Crippen LogP contribution in [0.4, 0.5) is 17.1 Å². The van der Waals surface area contributed by atoms with Crippen LogP contribution in [-0.4, -0.2) is 20.6 Å². The summed E-state index contributed by atoms with van der Waals surface area (Å²) in [7, 11) is 3.28. The molecule has 0 saturated heterocycles. The van der Waals surface area contributed by atoms with E-state index in [1.54, 1.807) is 14.1 Å². The molecule has 0 spiro atoms. The molecule has 57 heavy (non-hydrogen) atoms. The SMILES string of the molecule is C=C1c2ccccc2CCN(c2ccc(C)cc2)c2ccc(-c3ccc4sc5ccccc5c4c3)cc21.CC.CN=NC.Cc1ccccc1.Nc1ccccc1. The van der Waals surface area contributed by atoms with Crippen molar-refractivity contribution in [2.75, 3.05) is 31.3 Å². The Bertz CT molecular complexity index is 2460. The summed E-state index contributed by atoms with van der Waals surface area (Å²) in [5.41, 5.74) is 18.6. The van der Waals surface area contributed by atoms with Crippen molar-refractivity contribution in [1.82, 2.24) is 0 Å². The fraction of sp³-hybridized carbons (Fsp3) is 0.154. The van der Waals surface area contributed by atoms with E-state index in [1.807, 2.05) is 73.7 Å². The fourth-order valence-corrected chi connectivity index (χ4v) is 7.70. The normalized spacial score (nSPS) is 11.5. The van der Waals surface area contributed by atoms with Gasteiger partial charge in [0, 0.05) is 63.4 Å². The Morgan fingerprint density at radius 2 is 1.12 bits per heavy atom. The molecule has 0 amide bonds. The Morgan fingerprint density at radius 3 is 1.75 bits per heavy atom. The Kier molecular flexibility index (Phi) is 15.5. The van der Waals surface area contributed by atoms with Crippen molar-refractivity contribution in [3.8, 4) is 11.1 Å². The van der Waals surface area contributed by atoms with Gasteiger partial charge >= 0.3 is 0 Å². The second-order valence-electron chi connectivity index (χ2n) is 13.4. The van der Waals surface area contributed by atoms with Gasteiger partial charge in [-0.1, -0.05) is 147 Å². The molecule has 8 aromatic rings. The van der Waals surface area contributed by atoms with Crippen LogP contribution in [0.2, 0.25) is 0 Å². The molecule has 5 heteroatoms. The molecule has 9 rings (SSSR count). The van der Waals surface area contributed by atoms with E-state index in [0.717, 1.165) is 24.2 Å². The molecule has 0 aliphatic carbocycles. The first-order valence-corrected chi connectivity index (χ1v) is 20.4. The van der Waals surface area contributed by atoms with Crippen molar-refractivity contribution in [1.29, 1.82) is 0 Å². The van der Waals surface area contributed by atoms with Crippen molar-refractivity contribution in [3.63, 3.8) is 0 Å². The maximum absolute atomic E-state index is 5.36. The van der Waals surface area contributed by atoms with Crippen LogP contribution >= 0.6 is 11.3 Å². The minimum atomic E-state index is 0.822. The van der Waals surface area contributed by atoms with E-state index in [0.29, 0.717) is 0 Å². The standard InChI is InChI=1S/C35H27NS.C7H8.C6H7N.C2H6N2.C2H6/c1-23-11-15-28(16-12-23)36-20-19-25-7-3-4-8-29(25)24(2)31-21-26(13-17-33(31)36)27-14-18-35-32(22-27)30-9-5-6-10-34(30)37-35;1-7-5-3-2-4-6-7;7-6-4-2-1-3-5-6;1-3-4-2;1-2/h3-18,21-22H,2,19-20H2,1H3;2-6H,1H3;1-5H,7H2;1-2H3;1-2H3. The smallest absolute Gasteiger partial charge is 0.0490 e. The molecule has 1 aliphatic rings. The first kappa shape index (κ1) is 41.9. The lowest BCUT2D eigenvalue weighted by atomic mass is 9.88. The van der Waals surface area contributed by atoms with E-state index in [4.69, 9.17) is 5.73 Å². The van der Waals surface area contributed by atoms with Crippen molar-refractivity contribution in [2.45, 2.75) is 34.1 Å². The number of nitrogen functional groups attached to an aromatic ring is 1. The molecule has 288 valence electrons. The number of anilines is 3. The second kappa shape index (κ2) is 21.1. The maximum Gasteiger partial charge on any atom is 0.0490 e. The number of fused-ring (bicyclic) bond motifs is 5. The maximum atomic E-state index is 5.36. The minimum Gasteiger partial charge on any atom is -0.399 e. The van der Waals surface area contributed by atoms with Crippen LogP contribution in [0, 0.1) is 13.8 Å². The third-order valence-electron chi connectivity index (χ3n) is 9.56. The van der Waals surface area contributed by atoms with Crippen molar-refractivity contribution < 1.29 is 0 Å². The van der Waals surface area contributed by atoms with Crippen LogP contribution in [0.25, 0.3) is 36.9 Å². The summed E-state index contributed by atoms with van der Waals surface area (Å²) < 4.78 is 2.67. The highest BCUT2D eigenvalue weighted by Crippen LogP contribution is 2.42. The summed E-state index contributed by atoms with van der Waals surface area (Å²) in [5, 5.41) is 9.38. The Morgan fingerprint density at radius 1 is 0.561 bits per heavy atom. The Balaban J connectivity index is 0.000000255. The zero-order valence-electron chi connectivity index (χ0n) is 34.1. The number of thiophene rings is 1. The molecule has 4 nitrogen and oxygen atoms in total. The summed E-state index contributed by atoms with van der Waals surface area (Å²) in [6.07, 6.45) is 0.978. The average Bonchev–Trinajstić information content (AvgIpc) is 3.64. The van der Waals surface area contributed by atoms with Crippen LogP contribution in [-0.2, 0) is 6.42 Å². The van der Waals surface area contributed by atoms with E-state index >= 15 is 0 Å². The van der Waals surface area contributed by atoms with E-state index in [9.17, 15) is 0 Å². The largest absolute Gasteiger partial charge is 0.399 e. The zero-order valence-corrected chi connectivity index (χ0v) is 34.9. The van der Waals surface area contributed by atoms with Gasteiger partial charge in [0.25, 0.3) is 0 Å². The van der Waals surface area contributed by atoms with Gasteiger partial charge in [0.15, 0.2) is 0 Å². The second-order valence-corrected chi connectivity index (χ2v) is 14.5. The number of nitrogens with zero attached hydrogens (tertiary/aromatic N) is 3. The zero-order chi connectivity index (χ0) is 40.6.